The molecular weight excluding hydrogens is 384 g/mol. The lowest BCUT2D eigenvalue weighted by molar-refractivity contribution is -0.123. The van der Waals surface area contributed by atoms with Crippen LogP contribution in [0.3, 0.4) is 0 Å². The average molecular weight is 404 g/mol. The number of nitrogens with zero attached hydrogens (tertiary/aromatic N) is 1. The van der Waals surface area contributed by atoms with Crippen LogP contribution in [0, 0.1) is 6.92 Å². The molecule has 0 saturated carbocycles. The minimum absolute atomic E-state index is 0.0657. The molecule has 146 valence electrons. The molecule has 0 saturated heterocycles. The highest BCUT2D eigenvalue weighted by molar-refractivity contribution is 7.99. The van der Waals surface area contributed by atoms with Gasteiger partial charge in [-0.1, -0.05) is 48.2 Å². The minimum atomic E-state index is -0.256. The zero-order valence-corrected chi connectivity index (χ0v) is 16.7. The average Bonchev–Trinajstić information content (AvgIpc) is 2.72. The van der Waals surface area contributed by atoms with Crippen LogP contribution < -0.4 is 15.0 Å². The van der Waals surface area contributed by atoms with E-state index >= 15 is 0 Å². The van der Waals surface area contributed by atoms with E-state index in [0.29, 0.717) is 11.4 Å². The first-order chi connectivity index (χ1) is 14.1. The Morgan fingerprint density at radius 3 is 2.66 bits per heavy atom. The molecular formula is C23H20N2O3S. The second kappa shape index (κ2) is 8.41. The van der Waals surface area contributed by atoms with Crippen LogP contribution in [0.2, 0.25) is 0 Å². The maximum absolute atomic E-state index is 12.8. The molecule has 1 heterocycles. The van der Waals surface area contributed by atoms with Gasteiger partial charge in [0.25, 0.3) is 5.91 Å². The summed E-state index contributed by atoms with van der Waals surface area (Å²) in [6.45, 7) is 1.81. The van der Waals surface area contributed by atoms with Gasteiger partial charge in [0, 0.05) is 9.79 Å². The van der Waals surface area contributed by atoms with Crippen LogP contribution in [0.25, 0.3) is 0 Å². The molecule has 4 rings (SSSR count). The number of carbonyl (C=O) groups excluding carboxylic acids is 2. The normalized spacial score (nSPS) is 12.9. The van der Waals surface area contributed by atoms with Gasteiger partial charge in [-0.3, -0.25) is 14.5 Å². The van der Waals surface area contributed by atoms with Gasteiger partial charge in [0.1, 0.15) is 12.3 Å². The fourth-order valence-electron chi connectivity index (χ4n) is 3.09. The first kappa shape index (κ1) is 19.1. The Kier molecular flexibility index (Phi) is 5.53. The second-order valence-electron chi connectivity index (χ2n) is 6.70. The maximum Gasteiger partial charge on any atom is 0.265 e. The number of rotatable bonds is 5. The molecule has 0 atom stereocenters. The predicted molar refractivity (Wildman–Crippen MR) is 115 cm³/mol. The topological polar surface area (TPSA) is 58.6 Å². The fourth-order valence-corrected chi connectivity index (χ4v) is 4.02. The molecule has 1 N–H and O–H groups in total. The van der Waals surface area contributed by atoms with E-state index in [1.807, 2.05) is 79.7 Å². The summed E-state index contributed by atoms with van der Waals surface area (Å²) in [6, 6.07) is 23.2. The van der Waals surface area contributed by atoms with E-state index in [1.54, 1.807) is 11.8 Å². The molecule has 0 fully saturated rings. The summed E-state index contributed by atoms with van der Waals surface area (Å²) < 4.78 is 5.48. The molecule has 2 amide bonds. The summed E-state index contributed by atoms with van der Waals surface area (Å²) in [5, 5.41) is 2.95. The zero-order valence-electron chi connectivity index (χ0n) is 15.9. The summed E-state index contributed by atoms with van der Waals surface area (Å²) in [7, 11) is 0. The predicted octanol–water partition coefficient (Wildman–Crippen LogP) is 4.51. The lowest BCUT2D eigenvalue weighted by Crippen LogP contribution is -2.43. The van der Waals surface area contributed by atoms with E-state index in [9.17, 15) is 9.59 Å². The van der Waals surface area contributed by atoms with Crippen LogP contribution in [0.1, 0.15) is 5.56 Å². The van der Waals surface area contributed by atoms with Gasteiger partial charge in [-0.05, 0) is 48.9 Å². The Bertz CT molecular complexity index is 1050. The van der Waals surface area contributed by atoms with Crippen molar-refractivity contribution in [2.45, 2.75) is 16.7 Å². The summed E-state index contributed by atoms with van der Waals surface area (Å²) in [6.07, 6.45) is 0. The summed E-state index contributed by atoms with van der Waals surface area (Å²) in [5.74, 6) is 0.127. The van der Waals surface area contributed by atoms with Gasteiger partial charge in [0.2, 0.25) is 5.91 Å². The van der Waals surface area contributed by atoms with E-state index in [-0.39, 0.29) is 25.0 Å². The van der Waals surface area contributed by atoms with E-state index in [2.05, 4.69) is 5.32 Å². The van der Waals surface area contributed by atoms with Crippen LogP contribution in [0.15, 0.2) is 82.6 Å². The molecule has 0 bridgehead atoms. The van der Waals surface area contributed by atoms with E-state index in [1.165, 1.54) is 4.90 Å². The van der Waals surface area contributed by atoms with Crippen LogP contribution in [-0.2, 0) is 9.59 Å². The fraction of sp³-hybridized carbons (Fsp3) is 0.130. The van der Waals surface area contributed by atoms with Crippen LogP contribution >= 0.6 is 11.8 Å². The first-order valence-electron chi connectivity index (χ1n) is 9.26. The number of hydrogen-bond donors (Lipinski definition) is 1. The van der Waals surface area contributed by atoms with Crippen LogP contribution in [0.4, 0.5) is 11.4 Å². The largest absolute Gasteiger partial charge is 0.482 e. The number of aryl methyl sites for hydroxylation is 1. The molecule has 1 aliphatic heterocycles. The Morgan fingerprint density at radius 2 is 1.83 bits per heavy atom. The van der Waals surface area contributed by atoms with Crippen molar-refractivity contribution >= 4 is 35.0 Å². The van der Waals surface area contributed by atoms with Gasteiger partial charge in [0.15, 0.2) is 6.61 Å². The van der Waals surface area contributed by atoms with E-state index < -0.39 is 0 Å². The van der Waals surface area contributed by atoms with Gasteiger partial charge in [0.05, 0.1) is 11.4 Å². The molecule has 5 nitrogen and oxygen atoms in total. The Balaban J connectivity index is 1.51. The minimum Gasteiger partial charge on any atom is -0.482 e. The summed E-state index contributed by atoms with van der Waals surface area (Å²) >= 11 is 1.58. The summed E-state index contributed by atoms with van der Waals surface area (Å²) in [5.41, 5.74) is 2.34. The van der Waals surface area contributed by atoms with Gasteiger partial charge >= 0.3 is 0 Å². The second-order valence-corrected chi connectivity index (χ2v) is 7.81. The van der Waals surface area contributed by atoms with Crippen LogP contribution in [-0.4, -0.2) is 25.0 Å². The third-order valence-corrected chi connectivity index (χ3v) is 5.58. The van der Waals surface area contributed by atoms with Gasteiger partial charge in [-0.15, -0.1) is 0 Å². The molecule has 6 heteroatoms. The molecule has 1 aliphatic rings. The van der Waals surface area contributed by atoms with Crippen molar-refractivity contribution in [1.82, 2.24) is 0 Å². The van der Waals surface area contributed by atoms with E-state index in [4.69, 9.17) is 4.74 Å². The molecule has 3 aromatic rings. The number of hydrogen-bond acceptors (Lipinski definition) is 4. The molecule has 0 radical (unpaired) electrons. The van der Waals surface area contributed by atoms with Crippen molar-refractivity contribution in [2.75, 3.05) is 23.4 Å². The number of para-hydroxylation sites is 1. The number of carbonyl (C=O) groups is 2. The highest BCUT2D eigenvalue weighted by atomic mass is 32.2. The number of anilines is 2. The van der Waals surface area contributed by atoms with E-state index in [0.717, 1.165) is 21.0 Å². The third kappa shape index (κ3) is 4.43. The molecule has 3 aromatic carbocycles. The molecule has 0 aliphatic carbocycles. The van der Waals surface area contributed by atoms with Crippen LogP contribution in [0.5, 0.6) is 5.75 Å². The summed E-state index contributed by atoms with van der Waals surface area (Å²) in [4.78, 5) is 28.7. The quantitative estimate of drug-likeness (QED) is 0.680. The van der Waals surface area contributed by atoms with Gasteiger partial charge in [-0.25, -0.2) is 0 Å². The first-order valence-corrected chi connectivity index (χ1v) is 10.1. The number of ether oxygens (including phenoxy) is 1. The molecule has 29 heavy (non-hydrogen) atoms. The van der Waals surface area contributed by atoms with Crippen molar-refractivity contribution in [3.63, 3.8) is 0 Å². The monoisotopic (exact) mass is 404 g/mol. The molecule has 0 spiro atoms. The Hall–Kier alpha value is -3.25. The van der Waals surface area contributed by atoms with Gasteiger partial charge in [-0.2, -0.15) is 0 Å². The molecule has 0 unspecified atom stereocenters. The standard InChI is InChI=1S/C23H20N2O3S/c1-16-11-12-20-19(13-16)25(23(27)15-28-20)14-22(26)24-18-9-5-6-10-21(18)29-17-7-3-2-4-8-17/h2-13H,14-15H2,1H3,(H,24,26). The number of benzene rings is 3. The lowest BCUT2D eigenvalue weighted by Gasteiger charge is -2.29. The number of amides is 2. The van der Waals surface area contributed by atoms with Crippen molar-refractivity contribution in [2.24, 2.45) is 0 Å². The third-order valence-electron chi connectivity index (χ3n) is 4.49. The highest BCUT2D eigenvalue weighted by Gasteiger charge is 2.27. The Morgan fingerprint density at radius 1 is 1.07 bits per heavy atom. The van der Waals surface area contributed by atoms with Gasteiger partial charge < -0.3 is 10.1 Å². The SMILES string of the molecule is Cc1ccc2c(c1)N(CC(=O)Nc1ccccc1Sc1ccccc1)C(=O)CO2. The number of nitrogens with one attached hydrogen (secondary N) is 1. The van der Waals surface area contributed by atoms with Crippen molar-refractivity contribution in [3.8, 4) is 5.75 Å². The lowest BCUT2D eigenvalue weighted by atomic mass is 10.1. The smallest absolute Gasteiger partial charge is 0.265 e. The highest BCUT2D eigenvalue weighted by Crippen LogP contribution is 2.34. The molecule has 0 aromatic heterocycles. The number of fused-ring (bicyclic) bond motifs is 1. The van der Waals surface area contributed by atoms with Crippen molar-refractivity contribution in [1.29, 1.82) is 0 Å². The van der Waals surface area contributed by atoms with Crippen molar-refractivity contribution < 1.29 is 14.3 Å². The maximum atomic E-state index is 12.8. The van der Waals surface area contributed by atoms with Crippen molar-refractivity contribution in [3.05, 3.63) is 78.4 Å². The zero-order chi connectivity index (χ0) is 20.2. The Labute approximate surface area is 173 Å².